The van der Waals surface area contributed by atoms with Gasteiger partial charge in [0.2, 0.25) is 0 Å². The molecule has 108 valence electrons. The Morgan fingerprint density at radius 1 is 1.35 bits per heavy atom. The van der Waals surface area contributed by atoms with E-state index in [0.29, 0.717) is 18.8 Å². The molecule has 0 aliphatic heterocycles. The zero-order valence-corrected chi connectivity index (χ0v) is 13.4. The molecule has 2 aromatic rings. The standard InChI is InChI=1S/C13H16BrN3O2S/c1-2-17-9-13(7-12(17)8-15)20(18,19)16-11-5-3-4-10(14)6-11/h3-7,9,16H,2,8,15H2,1H3. The molecule has 0 radical (unpaired) electrons. The number of aryl methyl sites for hydroxylation is 1. The summed E-state index contributed by atoms with van der Waals surface area (Å²) in [4.78, 5) is 0.222. The second kappa shape index (κ2) is 5.99. The van der Waals surface area contributed by atoms with Gasteiger partial charge in [0.05, 0.1) is 0 Å². The first-order chi connectivity index (χ1) is 9.46. The second-order valence-electron chi connectivity index (χ2n) is 4.27. The molecule has 7 heteroatoms. The zero-order chi connectivity index (χ0) is 14.8. The highest BCUT2D eigenvalue weighted by atomic mass is 79.9. The summed E-state index contributed by atoms with van der Waals surface area (Å²) in [5.41, 5.74) is 6.92. The normalized spacial score (nSPS) is 11.6. The topological polar surface area (TPSA) is 77.1 Å². The third kappa shape index (κ3) is 3.23. The minimum atomic E-state index is -3.60. The Hall–Kier alpha value is -1.31. The number of hydrogen-bond donors (Lipinski definition) is 2. The minimum Gasteiger partial charge on any atom is -0.349 e. The number of nitrogens with two attached hydrogens (primary N) is 1. The lowest BCUT2D eigenvalue weighted by Crippen LogP contribution is -2.12. The lowest BCUT2D eigenvalue weighted by Gasteiger charge is -2.06. The van der Waals surface area contributed by atoms with Crippen molar-refractivity contribution in [3.05, 3.63) is 46.7 Å². The maximum Gasteiger partial charge on any atom is 0.263 e. The van der Waals surface area contributed by atoms with Crippen molar-refractivity contribution in [2.24, 2.45) is 5.73 Å². The Morgan fingerprint density at radius 3 is 2.65 bits per heavy atom. The predicted molar refractivity (Wildman–Crippen MR) is 82.9 cm³/mol. The smallest absolute Gasteiger partial charge is 0.263 e. The molecule has 5 nitrogen and oxygen atoms in total. The number of anilines is 1. The van der Waals surface area contributed by atoms with Crippen LogP contribution in [0, 0.1) is 0 Å². The number of sulfonamides is 1. The monoisotopic (exact) mass is 357 g/mol. The number of halogens is 1. The lowest BCUT2D eigenvalue weighted by molar-refractivity contribution is 0.600. The molecule has 3 N–H and O–H groups in total. The maximum absolute atomic E-state index is 12.3. The Balaban J connectivity index is 2.33. The molecule has 0 spiro atoms. The highest BCUT2D eigenvalue weighted by molar-refractivity contribution is 9.10. The van der Waals surface area contributed by atoms with E-state index in [1.54, 1.807) is 30.5 Å². The van der Waals surface area contributed by atoms with Gasteiger partial charge in [-0.05, 0) is 31.2 Å². The molecule has 0 aliphatic carbocycles. The fraction of sp³-hybridized carbons (Fsp3) is 0.231. The van der Waals surface area contributed by atoms with E-state index in [1.165, 1.54) is 0 Å². The van der Waals surface area contributed by atoms with E-state index in [1.807, 2.05) is 17.6 Å². The van der Waals surface area contributed by atoms with Crippen LogP contribution in [0.25, 0.3) is 0 Å². The maximum atomic E-state index is 12.3. The molecule has 1 aromatic heterocycles. The van der Waals surface area contributed by atoms with Crippen molar-refractivity contribution >= 4 is 31.6 Å². The quantitative estimate of drug-likeness (QED) is 0.862. The molecule has 1 aromatic carbocycles. The van der Waals surface area contributed by atoms with E-state index in [2.05, 4.69) is 20.7 Å². The lowest BCUT2D eigenvalue weighted by atomic mass is 10.3. The Bertz CT molecular complexity index is 689. The van der Waals surface area contributed by atoms with E-state index >= 15 is 0 Å². The average Bonchev–Trinajstić information content (AvgIpc) is 2.82. The zero-order valence-electron chi connectivity index (χ0n) is 11.0. The van der Waals surface area contributed by atoms with E-state index in [9.17, 15) is 8.42 Å². The molecule has 0 saturated carbocycles. The van der Waals surface area contributed by atoms with Crippen LogP contribution in [0.4, 0.5) is 5.69 Å². The number of nitrogens with one attached hydrogen (secondary N) is 1. The third-order valence-electron chi connectivity index (χ3n) is 2.90. The van der Waals surface area contributed by atoms with Gasteiger partial charge >= 0.3 is 0 Å². The van der Waals surface area contributed by atoms with Crippen molar-refractivity contribution in [2.45, 2.75) is 24.9 Å². The van der Waals surface area contributed by atoms with Crippen LogP contribution in [0.5, 0.6) is 0 Å². The molecule has 0 aliphatic rings. The van der Waals surface area contributed by atoms with Gasteiger partial charge in [0.25, 0.3) is 10.0 Å². The van der Waals surface area contributed by atoms with Crippen LogP contribution in [-0.4, -0.2) is 13.0 Å². The SMILES string of the molecule is CCn1cc(S(=O)(=O)Nc2cccc(Br)c2)cc1CN. The van der Waals surface area contributed by atoms with E-state index in [-0.39, 0.29) is 4.90 Å². The summed E-state index contributed by atoms with van der Waals surface area (Å²) in [6.45, 7) is 2.93. The number of hydrogen-bond acceptors (Lipinski definition) is 3. The molecule has 1 heterocycles. The van der Waals surface area contributed by atoms with E-state index in [0.717, 1.165) is 10.2 Å². The Morgan fingerprint density at radius 2 is 2.10 bits per heavy atom. The summed E-state index contributed by atoms with van der Waals surface area (Å²) in [6, 6.07) is 8.60. The first-order valence-electron chi connectivity index (χ1n) is 6.13. The first kappa shape index (κ1) is 15.1. The van der Waals surface area contributed by atoms with Gasteiger partial charge in [-0.25, -0.2) is 8.42 Å². The van der Waals surface area contributed by atoms with Gasteiger partial charge in [0.1, 0.15) is 4.90 Å². The summed E-state index contributed by atoms with van der Waals surface area (Å²) in [5, 5.41) is 0. The Kier molecular flexibility index (Phi) is 4.52. The van der Waals surface area contributed by atoms with Gasteiger partial charge in [-0.15, -0.1) is 0 Å². The molecule has 0 saturated heterocycles. The van der Waals surface area contributed by atoms with Crippen LogP contribution < -0.4 is 10.5 Å². The number of rotatable bonds is 5. The third-order valence-corrected chi connectivity index (χ3v) is 4.74. The van der Waals surface area contributed by atoms with Crippen molar-refractivity contribution in [3.8, 4) is 0 Å². The Labute approximate surface area is 127 Å². The molecule has 0 bridgehead atoms. The van der Waals surface area contributed by atoms with Gasteiger partial charge in [0.15, 0.2) is 0 Å². The molecular formula is C13H16BrN3O2S. The summed E-state index contributed by atoms with van der Waals surface area (Å²) in [5.74, 6) is 0. The van der Waals surface area contributed by atoms with Crippen molar-refractivity contribution in [3.63, 3.8) is 0 Å². The number of nitrogens with zero attached hydrogens (tertiary/aromatic N) is 1. The van der Waals surface area contributed by atoms with Crippen LogP contribution in [0.1, 0.15) is 12.6 Å². The van der Waals surface area contributed by atoms with Gasteiger partial charge in [-0.1, -0.05) is 22.0 Å². The van der Waals surface area contributed by atoms with Gasteiger partial charge in [-0.3, -0.25) is 4.72 Å². The van der Waals surface area contributed by atoms with Crippen LogP contribution in [0.3, 0.4) is 0 Å². The molecule has 0 fully saturated rings. The van der Waals surface area contributed by atoms with Gasteiger partial charge in [0, 0.05) is 35.1 Å². The largest absolute Gasteiger partial charge is 0.349 e. The summed E-state index contributed by atoms with van der Waals surface area (Å²) in [6.07, 6.45) is 1.60. The summed E-state index contributed by atoms with van der Waals surface area (Å²) in [7, 11) is -3.60. The molecular weight excluding hydrogens is 342 g/mol. The van der Waals surface area contributed by atoms with Crippen molar-refractivity contribution in [1.82, 2.24) is 4.57 Å². The summed E-state index contributed by atoms with van der Waals surface area (Å²) >= 11 is 3.31. The van der Waals surface area contributed by atoms with E-state index in [4.69, 9.17) is 5.73 Å². The average molecular weight is 358 g/mol. The minimum absolute atomic E-state index is 0.222. The fourth-order valence-corrected chi connectivity index (χ4v) is 3.42. The van der Waals surface area contributed by atoms with Crippen LogP contribution in [0.15, 0.2) is 45.9 Å². The van der Waals surface area contributed by atoms with Gasteiger partial charge in [-0.2, -0.15) is 0 Å². The van der Waals surface area contributed by atoms with Crippen LogP contribution in [0.2, 0.25) is 0 Å². The van der Waals surface area contributed by atoms with Crippen LogP contribution in [-0.2, 0) is 23.1 Å². The highest BCUT2D eigenvalue weighted by Crippen LogP contribution is 2.21. The van der Waals surface area contributed by atoms with Gasteiger partial charge < -0.3 is 10.3 Å². The predicted octanol–water partition coefficient (Wildman–Crippen LogP) is 2.53. The van der Waals surface area contributed by atoms with Crippen LogP contribution >= 0.6 is 15.9 Å². The summed E-state index contributed by atoms with van der Waals surface area (Å²) < 4.78 is 29.9. The molecule has 0 unspecified atom stereocenters. The van der Waals surface area contributed by atoms with Crippen molar-refractivity contribution in [2.75, 3.05) is 4.72 Å². The first-order valence-corrected chi connectivity index (χ1v) is 8.41. The van der Waals surface area contributed by atoms with Crippen molar-refractivity contribution < 1.29 is 8.42 Å². The fourth-order valence-electron chi connectivity index (χ4n) is 1.90. The highest BCUT2D eigenvalue weighted by Gasteiger charge is 2.18. The molecule has 2 rings (SSSR count). The molecule has 0 atom stereocenters. The number of aromatic nitrogens is 1. The number of benzene rings is 1. The van der Waals surface area contributed by atoms with Crippen molar-refractivity contribution in [1.29, 1.82) is 0 Å². The van der Waals surface area contributed by atoms with E-state index < -0.39 is 10.0 Å². The second-order valence-corrected chi connectivity index (χ2v) is 6.87. The molecule has 20 heavy (non-hydrogen) atoms. The molecule has 0 amide bonds.